The van der Waals surface area contributed by atoms with Crippen molar-refractivity contribution < 1.29 is 9.53 Å². The molecule has 0 spiro atoms. The highest BCUT2D eigenvalue weighted by Gasteiger charge is 2.04. The smallest absolute Gasteiger partial charge is 0.407 e. The molecule has 1 aliphatic rings. The minimum atomic E-state index is -0.286. The minimum absolute atomic E-state index is 0.286. The van der Waals surface area contributed by atoms with Gasteiger partial charge in [-0.15, -0.1) is 0 Å². The summed E-state index contributed by atoms with van der Waals surface area (Å²) in [5.41, 5.74) is 0. The number of amides is 1. The zero-order valence-electron chi connectivity index (χ0n) is 5.94. The van der Waals surface area contributed by atoms with E-state index in [4.69, 9.17) is 0 Å². The van der Waals surface area contributed by atoms with Crippen molar-refractivity contribution in [1.82, 2.24) is 5.32 Å². The predicted octanol–water partition coefficient (Wildman–Crippen LogP) is 1.14. The van der Waals surface area contributed by atoms with E-state index in [1.165, 1.54) is 0 Å². The number of carbonyl (C=O) groups is 1. The van der Waals surface area contributed by atoms with Gasteiger partial charge in [-0.1, -0.05) is 13.8 Å². The molecule has 1 aliphatic heterocycles. The highest BCUT2D eigenvalue weighted by molar-refractivity contribution is 5.67. The number of alkyl carbamates (subject to hydrolysis) is 1. The molecular weight excluding hydrogens is 118 g/mol. The molecule has 0 atom stereocenters. The van der Waals surface area contributed by atoms with Crippen LogP contribution in [0.25, 0.3) is 0 Å². The Morgan fingerprint density at radius 2 is 2.22 bits per heavy atom. The second-order valence-corrected chi connectivity index (χ2v) is 1.42. The number of cyclic esters (lactones) is 1. The summed E-state index contributed by atoms with van der Waals surface area (Å²) in [5.74, 6) is 0. The van der Waals surface area contributed by atoms with E-state index in [2.05, 4.69) is 10.1 Å². The SMILES string of the molecule is CC.O=C1NCCCO1. The molecule has 0 aromatic carbocycles. The number of rotatable bonds is 0. The fourth-order valence-electron chi connectivity index (χ4n) is 0.479. The van der Waals surface area contributed by atoms with E-state index in [-0.39, 0.29) is 6.09 Å². The van der Waals surface area contributed by atoms with Crippen LogP contribution in [0.3, 0.4) is 0 Å². The molecule has 1 amide bonds. The van der Waals surface area contributed by atoms with Crippen molar-refractivity contribution in [3.05, 3.63) is 0 Å². The molecule has 1 fully saturated rings. The third-order valence-electron chi connectivity index (χ3n) is 0.824. The van der Waals surface area contributed by atoms with E-state index in [9.17, 15) is 4.79 Å². The number of hydrogen-bond acceptors (Lipinski definition) is 2. The lowest BCUT2D eigenvalue weighted by atomic mass is 10.4. The monoisotopic (exact) mass is 131 g/mol. The third kappa shape index (κ3) is 3.82. The zero-order valence-corrected chi connectivity index (χ0v) is 5.94. The maximum atomic E-state index is 10.1. The van der Waals surface area contributed by atoms with Crippen LogP contribution in [0.15, 0.2) is 0 Å². The standard InChI is InChI=1S/C4H7NO2.C2H6/c6-4-5-2-1-3-7-4;1-2/h1-3H2,(H,5,6);1-2H3. The van der Waals surface area contributed by atoms with Gasteiger partial charge in [-0.05, 0) is 6.42 Å². The normalized spacial score (nSPS) is 16.4. The molecule has 3 heteroatoms. The van der Waals surface area contributed by atoms with Gasteiger partial charge in [0.1, 0.15) is 0 Å². The second kappa shape index (κ2) is 5.41. The Kier molecular flexibility index (Phi) is 4.97. The Hall–Kier alpha value is -0.730. The average Bonchev–Trinajstić information content (AvgIpc) is 1.94. The van der Waals surface area contributed by atoms with Gasteiger partial charge in [0.2, 0.25) is 0 Å². The van der Waals surface area contributed by atoms with Gasteiger partial charge in [0.15, 0.2) is 0 Å². The van der Waals surface area contributed by atoms with Crippen LogP contribution in [0.4, 0.5) is 4.79 Å². The number of nitrogens with one attached hydrogen (secondary N) is 1. The maximum absolute atomic E-state index is 10.1. The number of hydrogen-bond donors (Lipinski definition) is 1. The Morgan fingerprint density at radius 3 is 2.44 bits per heavy atom. The van der Waals surface area contributed by atoms with Crippen molar-refractivity contribution >= 4 is 6.09 Å². The summed E-state index contributed by atoms with van der Waals surface area (Å²) < 4.78 is 4.53. The Balaban J connectivity index is 0.000000291. The first-order chi connectivity index (χ1) is 4.39. The fourth-order valence-corrected chi connectivity index (χ4v) is 0.479. The first kappa shape index (κ1) is 8.27. The topological polar surface area (TPSA) is 38.3 Å². The van der Waals surface area contributed by atoms with Crippen LogP contribution in [-0.4, -0.2) is 19.2 Å². The van der Waals surface area contributed by atoms with Crippen LogP contribution >= 0.6 is 0 Å². The van der Waals surface area contributed by atoms with Crippen molar-refractivity contribution in [2.24, 2.45) is 0 Å². The molecule has 1 heterocycles. The molecular formula is C6H13NO2. The van der Waals surface area contributed by atoms with Crippen LogP contribution < -0.4 is 5.32 Å². The van der Waals surface area contributed by atoms with Crippen molar-refractivity contribution in [3.63, 3.8) is 0 Å². The van der Waals surface area contributed by atoms with E-state index in [1.807, 2.05) is 13.8 Å². The molecule has 0 aliphatic carbocycles. The molecule has 0 radical (unpaired) electrons. The van der Waals surface area contributed by atoms with Crippen LogP contribution in [-0.2, 0) is 4.74 Å². The molecule has 1 N–H and O–H groups in total. The fraction of sp³-hybridized carbons (Fsp3) is 0.833. The summed E-state index contributed by atoms with van der Waals surface area (Å²) in [4.78, 5) is 10.1. The van der Waals surface area contributed by atoms with Gasteiger partial charge >= 0.3 is 6.09 Å². The molecule has 0 unspecified atom stereocenters. The van der Waals surface area contributed by atoms with E-state index in [0.29, 0.717) is 6.61 Å². The van der Waals surface area contributed by atoms with Gasteiger partial charge in [0.25, 0.3) is 0 Å². The van der Waals surface area contributed by atoms with Gasteiger partial charge in [0.05, 0.1) is 6.61 Å². The van der Waals surface area contributed by atoms with Crippen molar-refractivity contribution in [3.8, 4) is 0 Å². The highest BCUT2D eigenvalue weighted by Crippen LogP contribution is 1.88. The van der Waals surface area contributed by atoms with E-state index >= 15 is 0 Å². The van der Waals surface area contributed by atoms with Gasteiger partial charge < -0.3 is 10.1 Å². The summed E-state index contributed by atoms with van der Waals surface area (Å²) in [7, 11) is 0. The first-order valence-corrected chi connectivity index (χ1v) is 3.30. The van der Waals surface area contributed by atoms with Gasteiger partial charge in [-0.3, -0.25) is 0 Å². The quantitative estimate of drug-likeness (QED) is 0.535. The molecule has 0 saturated carbocycles. The number of ether oxygens (including phenoxy) is 1. The highest BCUT2D eigenvalue weighted by atomic mass is 16.5. The first-order valence-electron chi connectivity index (χ1n) is 3.30. The van der Waals surface area contributed by atoms with Crippen molar-refractivity contribution in [2.75, 3.05) is 13.2 Å². The summed E-state index contributed by atoms with van der Waals surface area (Å²) in [5, 5.41) is 2.52. The number of carbonyl (C=O) groups excluding carboxylic acids is 1. The van der Waals surface area contributed by atoms with E-state index < -0.39 is 0 Å². The average molecular weight is 131 g/mol. The predicted molar refractivity (Wildman–Crippen MR) is 35.3 cm³/mol. The molecule has 1 saturated heterocycles. The Morgan fingerprint density at radius 1 is 1.56 bits per heavy atom. The summed E-state index contributed by atoms with van der Waals surface area (Å²) in [6.07, 6.45) is 0.650. The lowest BCUT2D eigenvalue weighted by molar-refractivity contribution is 0.129. The third-order valence-corrected chi connectivity index (χ3v) is 0.824. The lowest BCUT2D eigenvalue weighted by Gasteiger charge is -2.10. The maximum Gasteiger partial charge on any atom is 0.407 e. The second-order valence-electron chi connectivity index (χ2n) is 1.42. The Bertz CT molecular complexity index is 75.1. The molecule has 3 nitrogen and oxygen atoms in total. The lowest BCUT2D eigenvalue weighted by Crippen LogP contribution is -2.31. The summed E-state index contributed by atoms with van der Waals surface area (Å²) in [6, 6.07) is 0. The van der Waals surface area contributed by atoms with Gasteiger partial charge in [-0.2, -0.15) is 0 Å². The Labute approximate surface area is 55.4 Å². The molecule has 0 aromatic heterocycles. The van der Waals surface area contributed by atoms with Crippen molar-refractivity contribution in [2.45, 2.75) is 20.3 Å². The molecule has 0 bridgehead atoms. The minimum Gasteiger partial charge on any atom is -0.449 e. The van der Waals surface area contributed by atoms with Gasteiger partial charge in [0, 0.05) is 6.54 Å². The largest absolute Gasteiger partial charge is 0.449 e. The molecule has 0 aromatic rings. The van der Waals surface area contributed by atoms with Crippen LogP contribution in [0.2, 0.25) is 0 Å². The van der Waals surface area contributed by atoms with Gasteiger partial charge in [-0.25, -0.2) is 4.79 Å². The molecule has 9 heavy (non-hydrogen) atoms. The van der Waals surface area contributed by atoms with Crippen LogP contribution in [0, 0.1) is 0 Å². The van der Waals surface area contributed by atoms with Crippen LogP contribution in [0.1, 0.15) is 20.3 Å². The van der Waals surface area contributed by atoms with E-state index in [1.54, 1.807) is 0 Å². The summed E-state index contributed by atoms with van der Waals surface area (Å²) in [6.45, 7) is 5.34. The zero-order chi connectivity index (χ0) is 7.11. The molecule has 54 valence electrons. The molecule has 1 rings (SSSR count). The van der Waals surface area contributed by atoms with Crippen LogP contribution in [0.5, 0.6) is 0 Å². The van der Waals surface area contributed by atoms with Crippen molar-refractivity contribution in [1.29, 1.82) is 0 Å². The summed E-state index contributed by atoms with van der Waals surface area (Å²) >= 11 is 0. The van der Waals surface area contributed by atoms with E-state index in [0.717, 1.165) is 13.0 Å².